The fourth-order valence-electron chi connectivity index (χ4n) is 3.16. The van der Waals surface area contributed by atoms with E-state index in [-0.39, 0.29) is 6.54 Å². The van der Waals surface area contributed by atoms with E-state index in [0.717, 1.165) is 0 Å². The molecule has 0 radical (unpaired) electrons. The van der Waals surface area contributed by atoms with Crippen LogP contribution in [0.2, 0.25) is 0 Å². The number of nitrogens with two attached hydrogens (primary N) is 1. The first-order valence-electron chi connectivity index (χ1n) is 6.85. The number of aliphatic carboxylic acids is 1. The third kappa shape index (κ3) is 2.80. The Labute approximate surface area is 118 Å². The van der Waals surface area contributed by atoms with Gasteiger partial charge in [-0.2, -0.15) is 0 Å². The highest BCUT2D eigenvalue weighted by Gasteiger charge is 2.45. The van der Waals surface area contributed by atoms with Crippen LogP contribution in [0.4, 0.5) is 0 Å². The number of rotatable bonds is 4. The molecular formula is C12H20N2O5S. The van der Waals surface area contributed by atoms with Crippen LogP contribution in [-0.2, 0) is 19.6 Å². The van der Waals surface area contributed by atoms with Crippen LogP contribution in [0.5, 0.6) is 0 Å². The average Bonchev–Trinajstić information content (AvgIpc) is 2.89. The molecule has 3 unspecified atom stereocenters. The molecule has 1 saturated heterocycles. The van der Waals surface area contributed by atoms with Crippen LogP contribution >= 0.6 is 0 Å². The van der Waals surface area contributed by atoms with Crippen LogP contribution < -0.4 is 5.73 Å². The summed E-state index contributed by atoms with van der Waals surface area (Å²) in [7, 11) is -3.68. The van der Waals surface area contributed by atoms with Gasteiger partial charge in [-0.1, -0.05) is 6.42 Å². The van der Waals surface area contributed by atoms with Crippen molar-refractivity contribution in [1.29, 1.82) is 0 Å². The highest BCUT2D eigenvalue weighted by Crippen LogP contribution is 2.34. The molecule has 1 aliphatic heterocycles. The summed E-state index contributed by atoms with van der Waals surface area (Å²) in [5, 5.41) is 8.26. The lowest BCUT2D eigenvalue weighted by Crippen LogP contribution is -2.48. The maximum Gasteiger partial charge on any atom is 0.307 e. The fourth-order valence-corrected chi connectivity index (χ4v) is 5.45. The van der Waals surface area contributed by atoms with Crippen LogP contribution in [0.15, 0.2) is 0 Å². The molecule has 1 heterocycles. The van der Waals surface area contributed by atoms with Crippen LogP contribution in [0.3, 0.4) is 0 Å². The van der Waals surface area contributed by atoms with E-state index in [1.54, 1.807) is 0 Å². The van der Waals surface area contributed by atoms with Crippen molar-refractivity contribution < 1.29 is 23.1 Å². The zero-order valence-electron chi connectivity index (χ0n) is 11.2. The van der Waals surface area contributed by atoms with Crippen molar-refractivity contribution in [3.8, 4) is 0 Å². The minimum absolute atomic E-state index is 0.0838. The molecule has 114 valence electrons. The second kappa shape index (κ2) is 5.69. The first-order chi connectivity index (χ1) is 9.34. The zero-order valence-corrected chi connectivity index (χ0v) is 12.0. The molecule has 3 atom stereocenters. The third-order valence-electron chi connectivity index (χ3n) is 4.30. The molecule has 0 aromatic rings. The summed E-state index contributed by atoms with van der Waals surface area (Å²) in [6.45, 7) is 0.426. The first-order valence-corrected chi connectivity index (χ1v) is 8.35. The number of carbonyl (C=O) groups is 2. The second-order valence-electron chi connectivity index (χ2n) is 5.56. The van der Waals surface area contributed by atoms with Gasteiger partial charge in [0.2, 0.25) is 15.9 Å². The van der Waals surface area contributed by atoms with Crippen molar-refractivity contribution in [2.24, 2.45) is 17.6 Å². The zero-order chi connectivity index (χ0) is 14.9. The largest absolute Gasteiger partial charge is 0.481 e. The van der Waals surface area contributed by atoms with Crippen molar-refractivity contribution in [1.82, 2.24) is 4.31 Å². The molecule has 1 amide bonds. The molecule has 2 rings (SSSR count). The molecule has 0 bridgehead atoms. The molecule has 1 saturated carbocycles. The molecule has 0 spiro atoms. The number of carboxylic acids is 1. The third-order valence-corrected chi connectivity index (χ3v) is 6.68. The van der Waals surface area contributed by atoms with Gasteiger partial charge in [-0.25, -0.2) is 12.7 Å². The summed E-state index contributed by atoms with van der Waals surface area (Å²) in [5.41, 5.74) is 5.25. The Balaban J connectivity index is 2.17. The van der Waals surface area contributed by atoms with E-state index >= 15 is 0 Å². The van der Waals surface area contributed by atoms with Crippen molar-refractivity contribution in [3.63, 3.8) is 0 Å². The Hall–Kier alpha value is -1.15. The molecule has 3 N–H and O–H groups in total. The van der Waals surface area contributed by atoms with E-state index in [0.29, 0.717) is 38.6 Å². The summed E-state index contributed by atoms with van der Waals surface area (Å²) in [4.78, 5) is 22.4. The Bertz CT molecular complexity index is 504. The van der Waals surface area contributed by atoms with E-state index < -0.39 is 39.0 Å². The molecule has 20 heavy (non-hydrogen) atoms. The van der Waals surface area contributed by atoms with Gasteiger partial charge < -0.3 is 10.8 Å². The van der Waals surface area contributed by atoms with Gasteiger partial charge in [0.05, 0.1) is 17.1 Å². The van der Waals surface area contributed by atoms with Gasteiger partial charge in [0.15, 0.2) is 0 Å². The number of hydrogen-bond donors (Lipinski definition) is 2. The van der Waals surface area contributed by atoms with Gasteiger partial charge in [0.1, 0.15) is 0 Å². The smallest absolute Gasteiger partial charge is 0.307 e. The summed E-state index contributed by atoms with van der Waals surface area (Å²) >= 11 is 0. The first kappa shape index (κ1) is 15.2. The maximum absolute atomic E-state index is 12.6. The summed E-state index contributed by atoms with van der Waals surface area (Å²) in [5.74, 6) is -2.86. The molecule has 0 aromatic heterocycles. The quantitative estimate of drug-likeness (QED) is 0.743. The minimum Gasteiger partial charge on any atom is -0.481 e. The number of primary amides is 1. The van der Waals surface area contributed by atoms with E-state index in [9.17, 15) is 18.0 Å². The SMILES string of the molecule is NC(=O)C1CCCN(S(=O)(=O)C2CCCC2C(=O)O)C1. The van der Waals surface area contributed by atoms with Gasteiger partial charge >= 0.3 is 5.97 Å². The molecule has 1 aliphatic carbocycles. The Kier molecular flexibility index (Phi) is 4.33. The van der Waals surface area contributed by atoms with Crippen molar-refractivity contribution >= 4 is 21.9 Å². The predicted octanol–water partition coefficient (Wildman–Crippen LogP) is -0.233. The standard InChI is InChI=1S/C12H20N2O5S/c13-11(15)8-3-2-6-14(7-8)20(18,19)10-5-1-4-9(10)12(16)17/h8-10H,1-7H2,(H2,13,15)(H,16,17). The maximum atomic E-state index is 12.6. The lowest BCUT2D eigenvalue weighted by atomic mass is 9.99. The molecule has 8 heteroatoms. The summed E-state index contributed by atoms with van der Waals surface area (Å²) in [6.07, 6.45) is 2.54. The van der Waals surface area contributed by atoms with E-state index in [2.05, 4.69) is 0 Å². The highest BCUT2D eigenvalue weighted by molar-refractivity contribution is 7.89. The van der Waals surface area contributed by atoms with Gasteiger partial charge in [-0.3, -0.25) is 9.59 Å². The normalized spacial score (nSPS) is 32.1. The number of nitrogens with zero attached hydrogens (tertiary/aromatic N) is 1. The van der Waals surface area contributed by atoms with E-state index in [1.807, 2.05) is 0 Å². The number of carbonyl (C=O) groups excluding carboxylic acids is 1. The number of sulfonamides is 1. The summed E-state index contributed by atoms with van der Waals surface area (Å²) in [6, 6.07) is 0. The predicted molar refractivity (Wildman–Crippen MR) is 71.2 cm³/mol. The molecule has 2 fully saturated rings. The lowest BCUT2D eigenvalue weighted by Gasteiger charge is -2.33. The molecule has 0 aromatic carbocycles. The number of piperidine rings is 1. The number of carboxylic acid groups (broad SMARTS) is 1. The van der Waals surface area contributed by atoms with Crippen molar-refractivity contribution in [2.75, 3.05) is 13.1 Å². The van der Waals surface area contributed by atoms with Crippen LogP contribution in [0.25, 0.3) is 0 Å². The van der Waals surface area contributed by atoms with Crippen LogP contribution in [-0.4, -0.2) is 48.0 Å². The summed E-state index contributed by atoms with van der Waals surface area (Å²) < 4.78 is 26.4. The van der Waals surface area contributed by atoms with Gasteiger partial charge in [-0.15, -0.1) is 0 Å². The van der Waals surface area contributed by atoms with Crippen LogP contribution in [0.1, 0.15) is 32.1 Å². The van der Waals surface area contributed by atoms with Gasteiger partial charge in [0, 0.05) is 13.1 Å². The number of amides is 1. The van der Waals surface area contributed by atoms with Gasteiger partial charge in [-0.05, 0) is 25.7 Å². The Morgan fingerprint density at radius 1 is 1.15 bits per heavy atom. The minimum atomic E-state index is -3.68. The Morgan fingerprint density at radius 3 is 2.45 bits per heavy atom. The highest BCUT2D eigenvalue weighted by atomic mass is 32.2. The lowest BCUT2D eigenvalue weighted by molar-refractivity contribution is -0.141. The van der Waals surface area contributed by atoms with Crippen molar-refractivity contribution in [2.45, 2.75) is 37.4 Å². The van der Waals surface area contributed by atoms with Crippen LogP contribution in [0, 0.1) is 11.8 Å². The monoisotopic (exact) mass is 304 g/mol. The molecule has 7 nitrogen and oxygen atoms in total. The topological polar surface area (TPSA) is 118 Å². The Morgan fingerprint density at radius 2 is 1.85 bits per heavy atom. The number of hydrogen-bond acceptors (Lipinski definition) is 4. The molecule has 2 aliphatic rings. The van der Waals surface area contributed by atoms with Gasteiger partial charge in [0.25, 0.3) is 0 Å². The molecular weight excluding hydrogens is 284 g/mol. The van der Waals surface area contributed by atoms with E-state index in [4.69, 9.17) is 10.8 Å². The average molecular weight is 304 g/mol. The van der Waals surface area contributed by atoms with Crippen molar-refractivity contribution in [3.05, 3.63) is 0 Å². The second-order valence-corrected chi connectivity index (χ2v) is 7.71. The fraction of sp³-hybridized carbons (Fsp3) is 0.833. The van der Waals surface area contributed by atoms with E-state index in [1.165, 1.54) is 4.31 Å².